The highest BCUT2D eigenvalue weighted by Crippen LogP contribution is 2.46. The maximum atomic E-state index is 11.5. The van der Waals surface area contributed by atoms with Crippen molar-refractivity contribution in [1.29, 1.82) is 0 Å². The molecule has 12 heteroatoms. The van der Waals surface area contributed by atoms with E-state index in [4.69, 9.17) is 9.47 Å². The van der Waals surface area contributed by atoms with Crippen molar-refractivity contribution in [2.45, 2.75) is 56.5 Å². The Balaban J connectivity index is 1.62. The summed E-state index contributed by atoms with van der Waals surface area (Å²) in [5.41, 5.74) is 1.17. The summed E-state index contributed by atoms with van der Waals surface area (Å²) in [4.78, 5) is 26.8. The zero-order valence-corrected chi connectivity index (χ0v) is 17.4. The van der Waals surface area contributed by atoms with Crippen molar-refractivity contribution in [3.05, 3.63) is 35.7 Å². The van der Waals surface area contributed by atoms with Crippen molar-refractivity contribution < 1.29 is 39.8 Å². The highest BCUT2D eigenvalue weighted by atomic mass is 16.7. The largest absolute Gasteiger partial charge is 0.506 e. The molecule has 1 saturated carbocycles. The van der Waals surface area contributed by atoms with Crippen LogP contribution in [0, 0.1) is 6.92 Å². The fourth-order valence-corrected chi connectivity index (χ4v) is 3.93. The van der Waals surface area contributed by atoms with Crippen LogP contribution in [0.4, 0.5) is 17.3 Å². The van der Waals surface area contributed by atoms with Gasteiger partial charge in [0.1, 0.15) is 35.6 Å². The Hall–Kier alpha value is -3.32. The number of carboxylic acids is 1. The standard InChI is InChI=1S/C21H22N4O8/c1-8-11(26)7-23-18-12(8)24-19(10-3-2-6-22-17(10)25(18)9-4-5-9)33-21-15(29)13(27)14(28)16(32-21)20(30)31/h2-3,6-7,9,13-16,21,26-29H,4-5H2,1H3,(H,30,31)/t13-,14-,15+,16-,21?/m0/s1. The zero-order valence-electron chi connectivity index (χ0n) is 17.4. The average Bonchev–Trinajstić information content (AvgIpc) is 3.63. The summed E-state index contributed by atoms with van der Waals surface area (Å²) >= 11 is 0. The van der Waals surface area contributed by atoms with E-state index in [1.807, 2.05) is 4.90 Å². The second kappa shape index (κ2) is 7.92. The van der Waals surface area contributed by atoms with Gasteiger partial charge in [-0.05, 0) is 31.9 Å². The number of hydrogen-bond donors (Lipinski definition) is 5. The third kappa shape index (κ3) is 3.56. The molecule has 0 amide bonds. The van der Waals surface area contributed by atoms with Crippen molar-refractivity contribution >= 4 is 29.2 Å². The molecule has 5 rings (SSSR count). The van der Waals surface area contributed by atoms with E-state index in [0.29, 0.717) is 28.5 Å². The summed E-state index contributed by atoms with van der Waals surface area (Å²) in [7, 11) is 0. The maximum absolute atomic E-state index is 11.5. The molecule has 1 saturated heterocycles. The van der Waals surface area contributed by atoms with Gasteiger partial charge >= 0.3 is 5.97 Å². The number of carbonyl (C=O) groups is 1. The minimum absolute atomic E-state index is 0.0743. The number of aliphatic hydroxyl groups is 3. The summed E-state index contributed by atoms with van der Waals surface area (Å²) in [5, 5.41) is 50.1. The highest BCUT2D eigenvalue weighted by Gasteiger charge is 2.49. The quantitative estimate of drug-likeness (QED) is 0.421. The first-order chi connectivity index (χ1) is 15.8. The Bertz CT molecular complexity index is 1140. The Labute approximate surface area is 187 Å². The minimum Gasteiger partial charge on any atom is -0.506 e. The highest BCUT2D eigenvalue weighted by molar-refractivity contribution is 6.04. The van der Waals surface area contributed by atoms with E-state index in [1.165, 1.54) is 6.20 Å². The summed E-state index contributed by atoms with van der Waals surface area (Å²) in [6.07, 6.45) is -4.18. The lowest BCUT2D eigenvalue weighted by atomic mass is 9.99. The van der Waals surface area contributed by atoms with Gasteiger partial charge in [-0.3, -0.25) is 0 Å². The summed E-state index contributed by atoms with van der Waals surface area (Å²) in [5.74, 6) is -0.729. The number of aromatic hydroxyl groups is 1. The lowest BCUT2D eigenvalue weighted by Crippen LogP contribution is -2.60. The fourth-order valence-electron chi connectivity index (χ4n) is 3.93. The van der Waals surface area contributed by atoms with Crippen molar-refractivity contribution in [2.75, 3.05) is 4.90 Å². The molecule has 1 aliphatic carbocycles. The van der Waals surface area contributed by atoms with Crippen molar-refractivity contribution in [2.24, 2.45) is 4.99 Å². The molecule has 3 aliphatic rings. The molecule has 5 atom stereocenters. The fraction of sp³-hybridized carbons (Fsp3) is 0.429. The third-order valence-electron chi connectivity index (χ3n) is 5.90. The van der Waals surface area contributed by atoms with Crippen LogP contribution in [0.3, 0.4) is 0 Å². The van der Waals surface area contributed by atoms with E-state index in [9.17, 15) is 30.3 Å². The van der Waals surface area contributed by atoms with Gasteiger partial charge in [0, 0.05) is 17.8 Å². The summed E-state index contributed by atoms with van der Waals surface area (Å²) in [6.45, 7) is 1.66. The lowest BCUT2D eigenvalue weighted by molar-refractivity contribution is -0.274. The summed E-state index contributed by atoms with van der Waals surface area (Å²) < 4.78 is 11.1. The number of aliphatic imine (C=N–C) groups is 1. The van der Waals surface area contributed by atoms with Crippen LogP contribution in [0.2, 0.25) is 0 Å². The molecule has 2 fully saturated rings. The van der Waals surface area contributed by atoms with Gasteiger partial charge in [0.2, 0.25) is 12.2 Å². The number of hydrogen-bond acceptors (Lipinski definition) is 11. The number of ether oxygens (including phenoxy) is 2. The predicted octanol–water partition coefficient (Wildman–Crippen LogP) is 0.0916. The van der Waals surface area contributed by atoms with Gasteiger partial charge in [0.15, 0.2) is 11.9 Å². The van der Waals surface area contributed by atoms with Gasteiger partial charge in [-0.15, -0.1) is 0 Å². The molecule has 0 radical (unpaired) electrons. The van der Waals surface area contributed by atoms with E-state index < -0.39 is 36.7 Å². The first-order valence-corrected chi connectivity index (χ1v) is 10.4. The van der Waals surface area contributed by atoms with E-state index >= 15 is 0 Å². The number of anilines is 2. The Kier molecular flexibility index (Phi) is 5.16. The van der Waals surface area contributed by atoms with Gasteiger partial charge in [-0.1, -0.05) is 0 Å². The molecule has 33 heavy (non-hydrogen) atoms. The topological polar surface area (TPSA) is 178 Å². The number of aliphatic carboxylic acids is 1. The molecule has 0 spiro atoms. The number of fused-ring (bicyclic) bond motifs is 2. The summed E-state index contributed by atoms with van der Waals surface area (Å²) in [6, 6.07) is 3.47. The Morgan fingerprint density at radius 2 is 1.91 bits per heavy atom. The molecule has 0 aromatic carbocycles. The number of rotatable bonds is 3. The van der Waals surface area contributed by atoms with Crippen LogP contribution in [0.5, 0.6) is 5.75 Å². The first-order valence-electron chi connectivity index (χ1n) is 10.4. The molecule has 1 unspecified atom stereocenters. The van der Waals surface area contributed by atoms with Crippen LogP contribution >= 0.6 is 0 Å². The van der Waals surface area contributed by atoms with E-state index in [0.717, 1.165) is 12.8 Å². The molecule has 12 nitrogen and oxygen atoms in total. The molecule has 2 aromatic rings. The SMILES string of the molecule is Cc1c(O)cnc2c1N=C(OC1O[C@H](C(=O)O)[C@@H](O)[C@H](O)[C@H]1O)c1cccnc1N2C1CC1. The van der Waals surface area contributed by atoms with Crippen molar-refractivity contribution in [3.8, 4) is 5.75 Å². The lowest BCUT2D eigenvalue weighted by Gasteiger charge is -2.38. The molecule has 4 heterocycles. The van der Waals surface area contributed by atoms with Crippen LogP contribution in [0.1, 0.15) is 24.0 Å². The number of pyridine rings is 2. The number of nitrogens with zero attached hydrogens (tertiary/aromatic N) is 4. The van der Waals surface area contributed by atoms with Crippen LogP contribution in [0.15, 0.2) is 29.5 Å². The molecule has 2 aliphatic heterocycles. The van der Waals surface area contributed by atoms with Gasteiger partial charge in [0.05, 0.1) is 11.8 Å². The average molecular weight is 458 g/mol. The molecular formula is C21H22N4O8. The number of aliphatic hydroxyl groups excluding tert-OH is 3. The van der Waals surface area contributed by atoms with E-state index in [1.54, 1.807) is 25.3 Å². The maximum Gasteiger partial charge on any atom is 0.335 e. The Morgan fingerprint density at radius 3 is 2.61 bits per heavy atom. The van der Waals surface area contributed by atoms with Gasteiger partial charge in [-0.2, -0.15) is 0 Å². The monoisotopic (exact) mass is 458 g/mol. The van der Waals surface area contributed by atoms with Gasteiger partial charge < -0.3 is 39.9 Å². The van der Waals surface area contributed by atoms with Crippen LogP contribution in [0.25, 0.3) is 0 Å². The Morgan fingerprint density at radius 1 is 1.15 bits per heavy atom. The van der Waals surface area contributed by atoms with E-state index in [-0.39, 0.29) is 17.7 Å². The molecule has 0 bridgehead atoms. The second-order valence-electron chi connectivity index (χ2n) is 8.19. The number of carboxylic acid groups (broad SMARTS) is 1. The minimum atomic E-state index is -1.85. The second-order valence-corrected chi connectivity index (χ2v) is 8.19. The van der Waals surface area contributed by atoms with E-state index in [2.05, 4.69) is 15.0 Å². The smallest absolute Gasteiger partial charge is 0.335 e. The third-order valence-corrected chi connectivity index (χ3v) is 5.90. The van der Waals surface area contributed by atoms with Crippen molar-refractivity contribution in [1.82, 2.24) is 9.97 Å². The predicted molar refractivity (Wildman–Crippen MR) is 112 cm³/mol. The zero-order chi connectivity index (χ0) is 23.4. The molecule has 2 aromatic heterocycles. The van der Waals surface area contributed by atoms with Crippen LogP contribution in [-0.4, -0.2) is 84.1 Å². The van der Waals surface area contributed by atoms with Crippen LogP contribution in [-0.2, 0) is 14.3 Å². The number of aromatic nitrogens is 2. The molecule has 5 N–H and O–H groups in total. The first kappa shape index (κ1) is 21.5. The van der Waals surface area contributed by atoms with Crippen molar-refractivity contribution in [3.63, 3.8) is 0 Å². The molecule has 174 valence electrons. The normalized spacial score (nSPS) is 28.9. The molecular weight excluding hydrogens is 436 g/mol. The van der Waals surface area contributed by atoms with Gasteiger partial charge in [0.25, 0.3) is 0 Å². The van der Waals surface area contributed by atoms with Crippen LogP contribution < -0.4 is 4.90 Å². The van der Waals surface area contributed by atoms with Gasteiger partial charge in [-0.25, -0.2) is 19.8 Å².